The number of rotatable bonds is 1. The Morgan fingerprint density at radius 3 is 2.87 bits per heavy atom. The third kappa shape index (κ3) is 1.84. The molecule has 1 aromatic rings. The van der Waals surface area contributed by atoms with Crippen LogP contribution in [0.4, 0.5) is 0 Å². The van der Waals surface area contributed by atoms with Crippen LogP contribution in [0.5, 0.6) is 0 Å². The molecule has 0 saturated carbocycles. The zero-order valence-corrected chi connectivity index (χ0v) is 10.3. The number of aryl methyl sites for hydroxylation is 1. The molecule has 15 heavy (non-hydrogen) atoms. The molecule has 0 radical (unpaired) electrons. The molecule has 1 aliphatic heterocycles. The molecule has 1 atom stereocenters. The molecular formula is C12H16NOP. The summed E-state index contributed by atoms with van der Waals surface area (Å²) in [6.45, 7) is 6.03. The van der Waals surface area contributed by atoms with Crippen LogP contribution in [0.15, 0.2) is 6.07 Å². The van der Waals surface area contributed by atoms with Crippen LogP contribution in [0, 0.1) is 13.8 Å². The van der Waals surface area contributed by atoms with Crippen molar-refractivity contribution in [2.24, 2.45) is 0 Å². The van der Waals surface area contributed by atoms with Gasteiger partial charge in [0.1, 0.15) is 0 Å². The van der Waals surface area contributed by atoms with Crippen LogP contribution in [0.25, 0.3) is 0 Å². The number of hydrogen-bond donors (Lipinski definition) is 1. The van der Waals surface area contributed by atoms with Crippen LogP contribution < -0.4 is 5.32 Å². The minimum Gasteiger partial charge on any atom is -0.312 e. The van der Waals surface area contributed by atoms with Crippen molar-refractivity contribution in [3.63, 3.8) is 0 Å². The lowest BCUT2D eigenvalue weighted by atomic mass is 9.90. The maximum atomic E-state index is 11.5. The summed E-state index contributed by atoms with van der Waals surface area (Å²) in [4.78, 5) is 11.5. The third-order valence-corrected chi connectivity index (χ3v) is 3.40. The molecule has 1 unspecified atom stereocenters. The van der Waals surface area contributed by atoms with E-state index >= 15 is 0 Å². The lowest BCUT2D eigenvalue weighted by Crippen LogP contribution is -2.25. The van der Waals surface area contributed by atoms with Crippen LogP contribution in [-0.2, 0) is 13.0 Å². The van der Waals surface area contributed by atoms with Crippen molar-refractivity contribution in [2.75, 3.05) is 6.54 Å². The number of carbonyl (C=O) groups excluding carboxylic acids is 1. The first-order chi connectivity index (χ1) is 7.11. The van der Waals surface area contributed by atoms with E-state index in [1.54, 1.807) is 0 Å². The first-order valence-electron chi connectivity index (χ1n) is 5.23. The molecule has 1 heterocycles. The Bertz CT molecular complexity index is 426. The number of hydrogen-bond acceptors (Lipinski definition) is 2. The number of fused-ring (bicyclic) bond motifs is 1. The zero-order chi connectivity index (χ0) is 11.0. The van der Waals surface area contributed by atoms with Crippen molar-refractivity contribution < 1.29 is 4.79 Å². The van der Waals surface area contributed by atoms with Crippen molar-refractivity contribution in [3.8, 4) is 0 Å². The summed E-state index contributed by atoms with van der Waals surface area (Å²) >= 11 is 0. The Labute approximate surface area is 92.7 Å². The van der Waals surface area contributed by atoms with Crippen LogP contribution in [0.2, 0.25) is 0 Å². The normalized spacial score (nSPS) is 14.9. The summed E-state index contributed by atoms with van der Waals surface area (Å²) in [6.07, 6.45) is 1.03. The Morgan fingerprint density at radius 2 is 2.20 bits per heavy atom. The minimum atomic E-state index is 0.103. The molecule has 0 bridgehead atoms. The first-order valence-corrected chi connectivity index (χ1v) is 5.81. The van der Waals surface area contributed by atoms with Crippen LogP contribution >= 0.6 is 9.24 Å². The number of benzene rings is 1. The van der Waals surface area contributed by atoms with Crippen molar-refractivity contribution in [1.29, 1.82) is 0 Å². The Kier molecular flexibility index (Phi) is 2.90. The van der Waals surface area contributed by atoms with E-state index in [9.17, 15) is 4.79 Å². The molecule has 0 aromatic heterocycles. The highest BCUT2D eigenvalue weighted by Gasteiger charge is 2.17. The van der Waals surface area contributed by atoms with Gasteiger partial charge in [0.2, 0.25) is 0 Å². The minimum absolute atomic E-state index is 0.103. The fourth-order valence-corrected chi connectivity index (χ4v) is 2.87. The molecule has 80 valence electrons. The average Bonchev–Trinajstić information content (AvgIpc) is 2.17. The predicted molar refractivity (Wildman–Crippen MR) is 65.4 cm³/mol. The molecule has 0 spiro atoms. The van der Waals surface area contributed by atoms with Gasteiger partial charge in [-0.1, -0.05) is 15.3 Å². The van der Waals surface area contributed by atoms with E-state index in [4.69, 9.17) is 0 Å². The third-order valence-electron chi connectivity index (χ3n) is 3.11. The lowest BCUT2D eigenvalue weighted by Gasteiger charge is -2.22. The molecule has 0 fully saturated rings. The van der Waals surface area contributed by atoms with Gasteiger partial charge in [-0.2, -0.15) is 0 Å². The SMILES string of the molecule is Cc1cc2c(c(C)c1C(=O)P)CCNC2. The van der Waals surface area contributed by atoms with Crippen molar-refractivity contribution >= 4 is 14.8 Å². The molecule has 2 nitrogen and oxygen atoms in total. The topological polar surface area (TPSA) is 29.1 Å². The fraction of sp³-hybridized carbons (Fsp3) is 0.417. The molecular weight excluding hydrogens is 205 g/mol. The average molecular weight is 221 g/mol. The maximum Gasteiger partial charge on any atom is 0.178 e. The molecule has 0 saturated heterocycles. The second-order valence-corrected chi connectivity index (χ2v) is 4.65. The van der Waals surface area contributed by atoms with Crippen LogP contribution in [0.1, 0.15) is 32.6 Å². The number of nitrogens with one attached hydrogen (secondary N) is 1. The molecule has 1 aliphatic rings. The number of carbonyl (C=O) groups is 1. The smallest absolute Gasteiger partial charge is 0.178 e. The van der Waals surface area contributed by atoms with Crippen LogP contribution in [-0.4, -0.2) is 12.1 Å². The second kappa shape index (κ2) is 4.03. The van der Waals surface area contributed by atoms with Gasteiger partial charge in [-0.15, -0.1) is 0 Å². The van der Waals surface area contributed by atoms with E-state index in [2.05, 4.69) is 27.5 Å². The highest BCUT2D eigenvalue weighted by molar-refractivity contribution is 7.41. The van der Waals surface area contributed by atoms with E-state index in [-0.39, 0.29) is 5.52 Å². The van der Waals surface area contributed by atoms with E-state index in [1.165, 1.54) is 16.7 Å². The van der Waals surface area contributed by atoms with Gasteiger partial charge >= 0.3 is 0 Å². The van der Waals surface area contributed by atoms with Gasteiger partial charge in [0.05, 0.1) is 0 Å². The van der Waals surface area contributed by atoms with Gasteiger partial charge < -0.3 is 5.32 Å². The molecule has 0 aliphatic carbocycles. The van der Waals surface area contributed by atoms with Crippen LogP contribution in [0.3, 0.4) is 0 Å². The quantitative estimate of drug-likeness (QED) is 0.734. The molecule has 2 rings (SSSR count). The zero-order valence-electron chi connectivity index (χ0n) is 9.18. The van der Waals surface area contributed by atoms with E-state index in [1.807, 2.05) is 6.92 Å². The van der Waals surface area contributed by atoms with Gasteiger partial charge in [0, 0.05) is 12.1 Å². The summed E-state index contributed by atoms with van der Waals surface area (Å²) in [5, 5.41) is 3.35. The summed E-state index contributed by atoms with van der Waals surface area (Å²) in [7, 11) is 2.28. The predicted octanol–water partition coefficient (Wildman–Crippen LogP) is 1.96. The van der Waals surface area contributed by atoms with Gasteiger partial charge in [-0.05, 0) is 49.1 Å². The lowest BCUT2D eigenvalue weighted by molar-refractivity contribution is 0.108. The highest BCUT2D eigenvalue weighted by atomic mass is 31.0. The monoisotopic (exact) mass is 221 g/mol. The van der Waals surface area contributed by atoms with E-state index in [0.717, 1.165) is 30.6 Å². The van der Waals surface area contributed by atoms with E-state index < -0.39 is 0 Å². The summed E-state index contributed by atoms with van der Waals surface area (Å²) < 4.78 is 0. The van der Waals surface area contributed by atoms with Gasteiger partial charge in [-0.3, -0.25) is 4.79 Å². The first kappa shape index (κ1) is 10.8. The summed E-state index contributed by atoms with van der Waals surface area (Å²) in [6, 6.07) is 2.14. The Morgan fingerprint density at radius 1 is 1.47 bits per heavy atom. The fourth-order valence-electron chi connectivity index (χ4n) is 2.43. The summed E-state index contributed by atoms with van der Waals surface area (Å²) in [5.74, 6) is 0. The standard InChI is InChI=1S/C12H16NOP/c1-7-5-9-6-13-4-3-10(9)8(2)11(7)12(14)15/h5,13H,3-4,6,15H2,1-2H3. The maximum absolute atomic E-state index is 11.5. The van der Waals surface area contributed by atoms with E-state index in [0.29, 0.717) is 0 Å². The molecule has 3 heteroatoms. The van der Waals surface area contributed by atoms with Crippen molar-refractivity contribution in [2.45, 2.75) is 26.8 Å². The van der Waals surface area contributed by atoms with Gasteiger partial charge in [0.25, 0.3) is 0 Å². The Balaban J connectivity index is 2.64. The molecule has 0 amide bonds. The van der Waals surface area contributed by atoms with Gasteiger partial charge in [0.15, 0.2) is 5.52 Å². The largest absolute Gasteiger partial charge is 0.312 e. The van der Waals surface area contributed by atoms with Crippen molar-refractivity contribution in [1.82, 2.24) is 5.32 Å². The molecule has 1 N–H and O–H groups in total. The van der Waals surface area contributed by atoms with Crippen molar-refractivity contribution in [3.05, 3.63) is 33.9 Å². The highest BCUT2D eigenvalue weighted by Crippen LogP contribution is 2.26. The second-order valence-electron chi connectivity index (χ2n) is 4.12. The Hall–Kier alpha value is -0.720. The van der Waals surface area contributed by atoms with Gasteiger partial charge in [-0.25, -0.2) is 0 Å². The summed E-state index contributed by atoms with van der Waals surface area (Å²) in [5.41, 5.74) is 5.98. The molecule has 1 aromatic carbocycles.